The number of carboxylic acids is 1. The van der Waals surface area contributed by atoms with E-state index >= 15 is 0 Å². The summed E-state index contributed by atoms with van der Waals surface area (Å²) in [5.74, 6) is -1.72. The lowest BCUT2D eigenvalue weighted by molar-refractivity contribution is -0.140. The Morgan fingerprint density at radius 2 is 1.83 bits per heavy atom. The molecule has 0 aliphatic rings. The highest BCUT2D eigenvalue weighted by Crippen LogP contribution is 2.03. The van der Waals surface area contributed by atoms with Gasteiger partial charge in [0.05, 0.1) is 11.3 Å². The average Bonchev–Trinajstić information content (AvgIpc) is 2.00. The zero-order valence-corrected chi connectivity index (χ0v) is 7.49. The maximum atomic E-state index is 11.0. The van der Waals surface area contributed by atoms with Crippen LogP contribution < -0.4 is 11.5 Å². The van der Waals surface area contributed by atoms with Crippen molar-refractivity contribution < 1.29 is 14.7 Å². The van der Waals surface area contributed by atoms with E-state index in [1.807, 2.05) is 0 Å². The standard InChI is InChI=1S/C6H12N2O3S/c1-2(7)4(9)5(12)3(8)6(10)11/h2-3,5,12H,7-8H2,1H3,(H,10,11)/t2-,3-,5?/m0/s1. The van der Waals surface area contributed by atoms with E-state index < -0.39 is 29.1 Å². The number of rotatable bonds is 4. The average molecular weight is 192 g/mol. The van der Waals surface area contributed by atoms with Gasteiger partial charge in [0.2, 0.25) is 0 Å². The number of aliphatic carboxylic acids is 1. The molecule has 0 aromatic carbocycles. The third-order valence-corrected chi connectivity index (χ3v) is 1.94. The SMILES string of the molecule is C[C@H](N)C(=O)C(S)[C@H](N)C(=O)O. The van der Waals surface area contributed by atoms with E-state index in [1.54, 1.807) is 0 Å². The van der Waals surface area contributed by atoms with Gasteiger partial charge in [-0.1, -0.05) is 0 Å². The molecule has 0 aromatic heterocycles. The van der Waals surface area contributed by atoms with Crippen molar-refractivity contribution in [1.29, 1.82) is 0 Å². The van der Waals surface area contributed by atoms with E-state index in [0.29, 0.717) is 0 Å². The molecule has 0 bridgehead atoms. The number of ketones is 1. The van der Waals surface area contributed by atoms with Gasteiger partial charge in [-0.15, -0.1) is 0 Å². The first-order valence-electron chi connectivity index (χ1n) is 3.33. The summed E-state index contributed by atoms with van der Waals surface area (Å²) in [7, 11) is 0. The molecule has 3 atom stereocenters. The maximum Gasteiger partial charge on any atom is 0.322 e. The van der Waals surface area contributed by atoms with Crippen molar-refractivity contribution >= 4 is 24.4 Å². The van der Waals surface area contributed by atoms with Crippen LogP contribution in [0.1, 0.15) is 6.92 Å². The minimum absolute atomic E-state index is 0.465. The summed E-state index contributed by atoms with van der Waals surface area (Å²) in [6.45, 7) is 1.46. The highest BCUT2D eigenvalue weighted by molar-refractivity contribution is 7.82. The van der Waals surface area contributed by atoms with Crippen molar-refractivity contribution in [3.8, 4) is 0 Å². The lowest BCUT2D eigenvalue weighted by Gasteiger charge is -2.15. The Morgan fingerprint density at radius 1 is 1.42 bits per heavy atom. The quantitative estimate of drug-likeness (QED) is 0.410. The van der Waals surface area contributed by atoms with E-state index in [-0.39, 0.29) is 0 Å². The van der Waals surface area contributed by atoms with Crippen molar-refractivity contribution in [3.63, 3.8) is 0 Å². The van der Waals surface area contributed by atoms with Crippen LogP contribution in [0, 0.1) is 0 Å². The lowest BCUT2D eigenvalue weighted by atomic mass is 10.1. The largest absolute Gasteiger partial charge is 0.480 e. The molecular formula is C6H12N2O3S. The summed E-state index contributed by atoms with van der Waals surface area (Å²) in [6, 6.07) is -2.04. The Kier molecular flexibility index (Phi) is 4.22. The van der Waals surface area contributed by atoms with Crippen LogP contribution in [-0.2, 0) is 9.59 Å². The van der Waals surface area contributed by atoms with Gasteiger partial charge in [-0.25, -0.2) is 0 Å². The Balaban J connectivity index is 4.29. The fourth-order valence-corrected chi connectivity index (χ4v) is 0.944. The first-order chi connectivity index (χ1) is 5.37. The Morgan fingerprint density at radius 3 is 2.08 bits per heavy atom. The topological polar surface area (TPSA) is 106 Å². The van der Waals surface area contributed by atoms with Gasteiger partial charge in [-0.05, 0) is 6.92 Å². The molecule has 5 nitrogen and oxygen atoms in total. The summed E-state index contributed by atoms with van der Waals surface area (Å²) in [5.41, 5.74) is 10.4. The molecule has 0 spiro atoms. The van der Waals surface area contributed by atoms with Gasteiger partial charge in [-0.3, -0.25) is 9.59 Å². The van der Waals surface area contributed by atoms with Crippen LogP contribution in [-0.4, -0.2) is 34.2 Å². The minimum Gasteiger partial charge on any atom is -0.480 e. The Labute approximate surface area is 75.5 Å². The highest BCUT2D eigenvalue weighted by Gasteiger charge is 2.28. The molecule has 0 saturated carbocycles. The number of carbonyl (C=O) groups is 2. The number of hydrogen-bond acceptors (Lipinski definition) is 5. The van der Waals surface area contributed by atoms with E-state index in [9.17, 15) is 9.59 Å². The number of Topliss-reactive ketones (excluding diaryl/α,β-unsaturated/α-hetero) is 1. The molecule has 0 saturated heterocycles. The molecule has 5 N–H and O–H groups in total. The third-order valence-electron chi connectivity index (χ3n) is 1.37. The molecule has 12 heavy (non-hydrogen) atoms. The van der Waals surface area contributed by atoms with Crippen LogP contribution in [0.3, 0.4) is 0 Å². The van der Waals surface area contributed by atoms with E-state index in [0.717, 1.165) is 0 Å². The Bertz CT molecular complexity index is 195. The molecule has 1 unspecified atom stereocenters. The summed E-state index contributed by atoms with van der Waals surface area (Å²) in [4.78, 5) is 21.3. The zero-order valence-electron chi connectivity index (χ0n) is 6.60. The molecule has 0 fully saturated rings. The van der Waals surface area contributed by atoms with Crippen LogP contribution in [0.5, 0.6) is 0 Å². The molecule has 0 heterocycles. The summed E-state index contributed by atoms with van der Waals surface area (Å²) in [5, 5.41) is 7.38. The zero-order chi connectivity index (χ0) is 9.89. The van der Waals surface area contributed by atoms with Crippen LogP contribution in [0.15, 0.2) is 0 Å². The first kappa shape index (κ1) is 11.4. The summed E-state index contributed by atoms with van der Waals surface area (Å²) < 4.78 is 0. The third kappa shape index (κ3) is 2.80. The van der Waals surface area contributed by atoms with Gasteiger partial charge in [0.15, 0.2) is 5.78 Å². The van der Waals surface area contributed by atoms with Crippen molar-refractivity contribution in [2.45, 2.75) is 24.3 Å². The van der Waals surface area contributed by atoms with E-state index in [1.165, 1.54) is 6.92 Å². The number of carboxylic acid groups (broad SMARTS) is 1. The Hall–Kier alpha value is -0.590. The molecule has 0 rings (SSSR count). The second-order valence-electron chi connectivity index (χ2n) is 2.50. The predicted molar refractivity (Wildman–Crippen MR) is 47.0 cm³/mol. The molecular weight excluding hydrogens is 180 g/mol. The summed E-state index contributed by atoms with van der Waals surface area (Å²) in [6.07, 6.45) is 0. The smallest absolute Gasteiger partial charge is 0.322 e. The molecule has 70 valence electrons. The van der Waals surface area contributed by atoms with Gasteiger partial charge in [-0.2, -0.15) is 12.6 Å². The second kappa shape index (κ2) is 4.44. The fourth-order valence-electron chi connectivity index (χ4n) is 0.581. The van der Waals surface area contributed by atoms with Crippen molar-refractivity contribution in [1.82, 2.24) is 0 Å². The normalized spacial score (nSPS) is 18.0. The molecule has 6 heteroatoms. The second-order valence-corrected chi connectivity index (χ2v) is 3.06. The lowest BCUT2D eigenvalue weighted by Crippen LogP contribution is -2.47. The van der Waals surface area contributed by atoms with Gasteiger partial charge in [0, 0.05) is 0 Å². The van der Waals surface area contributed by atoms with Crippen molar-refractivity contribution in [3.05, 3.63) is 0 Å². The molecule has 0 aromatic rings. The minimum atomic E-state index is -1.30. The van der Waals surface area contributed by atoms with Crippen molar-refractivity contribution in [2.24, 2.45) is 11.5 Å². The first-order valence-corrected chi connectivity index (χ1v) is 3.85. The number of thiol groups is 1. The summed E-state index contributed by atoms with van der Waals surface area (Å²) >= 11 is 3.76. The predicted octanol–water partition coefficient (Wildman–Crippen LogP) is -1.39. The van der Waals surface area contributed by atoms with Gasteiger partial charge in [0.25, 0.3) is 0 Å². The van der Waals surface area contributed by atoms with Gasteiger partial charge >= 0.3 is 5.97 Å². The molecule has 0 aliphatic heterocycles. The molecule has 0 radical (unpaired) electrons. The number of nitrogens with two attached hydrogens (primary N) is 2. The number of carbonyl (C=O) groups excluding carboxylic acids is 1. The number of hydrogen-bond donors (Lipinski definition) is 4. The van der Waals surface area contributed by atoms with Crippen LogP contribution in [0.2, 0.25) is 0 Å². The monoisotopic (exact) mass is 192 g/mol. The molecule has 0 amide bonds. The van der Waals surface area contributed by atoms with Crippen LogP contribution in [0.4, 0.5) is 0 Å². The molecule has 0 aliphatic carbocycles. The van der Waals surface area contributed by atoms with E-state index in [4.69, 9.17) is 16.6 Å². The fraction of sp³-hybridized carbons (Fsp3) is 0.667. The van der Waals surface area contributed by atoms with E-state index in [2.05, 4.69) is 12.6 Å². The van der Waals surface area contributed by atoms with Crippen LogP contribution >= 0.6 is 12.6 Å². The van der Waals surface area contributed by atoms with Crippen molar-refractivity contribution in [2.75, 3.05) is 0 Å². The van der Waals surface area contributed by atoms with Gasteiger partial charge in [0.1, 0.15) is 6.04 Å². The highest BCUT2D eigenvalue weighted by atomic mass is 32.1. The van der Waals surface area contributed by atoms with Crippen LogP contribution in [0.25, 0.3) is 0 Å². The maximum absolute atomic E-state index is 11.0. The van der Waals surface area contributed by atoms with Gasteiger partial charge < -0.3 is 16.6 Å².